The second-order valence-electron chi connectivity index (χ2n) is 7.31. The van der Waals surface area contributed by atoms with E-state index in [9.17, 15) is 4.79 Å². The van der Waals surface area contributed by atoms with Gasteiger partial charge in [-0.2, -0.15) is 16.9 Å². The first-order chi connectivity index (χ1) is 12.3. The first kappa shape index (κ1) is 17.5. The smallest absolute Gasteiger partial charge is 0.267 e. The van der Waals surface area contributed by atoms with Gasteiger partial charge in [-0.25, -0.2) is 4.68 Å². The summed E-state index contributed by atoms with van der Waals surface area (Å²) >= 11 is 1.89. The van der Waals surface area contributed by atoms with Gasteiger partial charge in [0.05, 0.1) is 31.5 Å². The molecule has 138 valence electrons. The van der Waals surface area contributed by atoms with Crippen molar-refractivity contribution in [3.05, 3.63) is 27.7 Å². The quantitative estimate of drug-likeness (QED) is 0.809. The van der Waals surface area contributed by atoms with E-state index in [4.69, 9.17) is 4.74 Å². The van der Waals surface area contributed by atoms with Crippen molar-refractivity contribution in [1.82, 2.24) is 20.0 Å². The van der Waals surface area contributed by atoms with E-state index in [1.807, 2.05) is 11.8 Å². The summed E-state index contributed by atoms with van der Waals surface area (Å²) < 4.78 is 6.93. The highest BCUT2D eigenvalue weighted by molar-refractivity contribution is 7.98. The maximum atomic E-state index is 12.4. The summed E-state index contributed by atoms with van der Waals surface area (Å²) in [7, 11) is 0. The van der Waals surface area contributed by atoms with Gasteiger partial charge in [0, 0.05) is 37.4 Å². The molecule has 6 nitrogen and oxygen atoms in total. The maximum absolute atomic E-state index is 12.4. The number of likely N-dealkylation sites (tertiary alicyclic amines) is 1. The highest BCUT2D eigenvalue weighted by atomic mass is 32.2. The summed E-state index contributed by atoms with van der Waals surface area (Å²) in [4.78, 5) is 14.9. The average molecular weight is 365 g/mol. The SMILES string of the molecule is O=c1cc2c(nn1CCN1CCCCC1CNC1COC1)CCSC2. The Morgan fingerprint density at radius 3 is 3.08 bits per heavy atom. The van der Waals surface area contributed by atoms with Crippen LogP contribution in [0.15, 0.2) is 10.9 Å². The lowest BCUT2D eigenvalue weighted by Crippen LogP contribution is -2.53. The van der Waals surface area contributed by atoms with Gasteiger partial charge in [0.15, 0.2) is 0 Å². The summed E-state index contributed by atoms with van der Waals surface area (Å²) in [6.45, 7) is 5.46. The Balaban J connectivity index is 1.36. The van der Waals surface area contributed by atoms with Gasteiger partial charge in [0.1, 0.15) is 0 Å². The Bertz CT molecular complexity index is 646. The monoisotopic (exact) mass is 364 g/mol. The van der Waals surface area contributed by atoms with Crippen molar-refractivity contribution in [3.63, 3.8) is 0 Å². The van der Waals surface area contributed by atoms with Crippen LogP contribution in [0.3, 0.4) is 0 Å². The topological polar surface area (TPSA) is 59.4 Å². The Morgan fingerprint density at radius 2 is 2.24 bits per heavy atom. The molecule has 0 aliphatic carbocycles. The number of aromatic nitrogens is 2. The Morgan fingerprint density at radius 1 is 1.32 bits per heavy atom. The number of thioether (sulfide) groups is 1. The zero-order valence-corrected chi connectivity index (χ0v) is 15.6. The second kappa shape index (κ2) is 8.20. The normalized spacial score (nSPS) is 24.7. The molecule has 1 aromatic rings. The summed E-state index contributed by atoms with van der Waals surface area (Å²) in [5, 5.41) is 8.27. The standard InChI is InChI=1S/C18H28N4O2S/c23-18-9-14-13-25-8-4-17(14)20-22(18)7-6-21-5-2-1-3-16(21)10-19-15-11-24-12-15/h9,15-16,19H,1-8,10-13H2. The molecule has 1 unspecified atom stereocenters. The lowest BCUT2D eigenvalue weighted by atomic mass is 10.0. The number of nitrogens with one attached hydrogen (secondary N) is 1. The van der Waals surface area contributed by atoms with Crippen LogP contribution in [-0.2, 0) is 23.5 Å². The molecule has 0 radical (unpaired) electrons. The largest absolute Gasteiger partial charge is 0.378 e. The van der Waals surface area contributed by atoms with E-state index in [0.717, 1.165) is 62.0 Å². The van der Waals surface area contributed by atoms with E-state index in [1.54, 1.807) is 10.7 Å². The van der Waals surface area contributed by atoms with Gasteiger partial charge in [-0.1, -0.05) is 6.42 Å². The maximum Gasteiger partial charge on any atom is 0.267 e. The van der Waals surface area contributed by atoms with E-state index < -0.39 is 0 Å². The van der Waals surface area contributed by atoms with Gasteiger partial charge >= 0.3 is 0 Å². The van der Waals surface area contributed by atoms with Gasteiger partial charge < -0.3 is 10.1 Å². The van der Waals surface area contributed by atoms with Crippen LogP contribution in [0.2, 0.25) is 0 Å². The number of nitrogens with zero attached hydrogens (tertiary/aromatic N) is 3. The van der Waals surface area contributed by atoms with Crippen LogP contribution in [0, 0.1) is 0 Å². The number of piperidine rings is 1. The van der Waals surface area contributed by atoms with Crippen molar-refractivity contribution in [2.75, 3.05) is 38.6 Å². The van der Waals surface area contributed by atoms with Gasteiger partial charge in [-0.15, -0.1) is 0 Å². The molecule has 4 heterocycles. The Kier molecular flexibility index (Phi) is 5.75. The van der Waals surface area contributed by atoms with Crippen LogP contribution in [-0.4, -0.2) is 65.4 Å². The van der Waals surface area contributed by atoms with E-state index in [1.165, 1.54) is 19.3 Å². The summed E-state index contributed by atoms with van der Waals surface area (Å²) in [5.74, 6) is 2.05. The molecule has 1 N–H and O–H groups in total. The Hall–Kier alpha value is -0.890. The fourth-order valence-electron chi connectivity index (χ4n) is 3.88. The lowest BCUT2D eigenvalue weighted by Gasteiger charge is -2.38. The fraction of sp³-hybridized carbons (Fsp3) is 0.778. The number of hydrogen-bond acceptors (Lipinski definition) is 6. The minimum absolute atomic E-state index is 0.0551. The van der Waals surface area contributed by atoms with Crippen molar-refractivity contribution in [2.24, 2.45) is 0 Å². The minimum Gasteiger partial charge on any atom is -0.378 e. The number of fused-ring (bicyclic) bond motifs is 1. The summed E-state index contributed by atoms with van der Waals surface area (Å²) in [6, 6.07) is 2.91. The molecule has 2 fully saturated rings. The van der Waals surface area contributed by atoms with Gasteiger partial charge in [-0.05, 0) is 30.7 Å². The predicted molar refractivity (Wildman–Crippen MR) is 100 cm³/mol. The molecular weight excluding hydrogens is 336 g/mol. The first-order valence-corrected chi connectivity index (χ1v) is 10.7. The zero-order chi connectivity index (χ0) is 17.1. The molecule has 0 spiro atoms. The van der Waals surface area contributed by atoms with Crippen LogP contribution in [0.4, 0.5) is 0 Å². The van der Waals surface area contributed by atoms with Crippen molar-refractivity contribution in [1.29, 1.82) is 0 Å². The average Bonchev–Trinajstić information content (AvgIpc) is 2.59. The van der Waals surface area contributed by atoms with Crippen molar-refractivity contribution >= 4 is 11.8 Å². The van der Waals surface area contributed by atoms with E-state index >= 15 is 0 Å². The molecule has 3 aliphatic heterocycles. The minimum atomic E-state index is 0.0551. The van der Waals surface area contributed by atoms with E-state index in [-0.39, 0.29) is 5.56 Å². The first-order valence-electron chi connectivity index (χ1n) is 9.52. The third-order valence-corrected chi connectivity index (χ3v) is 6.54. The third-order valence-electron chi connectivity index (χ3n) is 5.53. The van der Waals surface area contributed by atoms with Crippen LogP contribution < -0.4 is 10.9 Å². The highest BCUT2D eigenvalue weighted by Crippen LogP contribution is 2.21. The molecule has 0 aromatic carbocycles. The molecule has 3 aliphatic rings. The fourth-order valence-corrected chi connectivity index (χ4v) is 4.83. The van der Waals surface area contributed by atoms with Gasteiger partial charge in [-0.3, -0.25) is 9.69 Å². The molecule has 1 atom stereocenters. The van der Waals surface area contributed by atoms with E-state index in [0.29, 0.717) is 18.6 Å². The second-order valence-corrected chi connectivity index (χ2v) is 8.41. The Labute approximate surface area is 153 Å². The molecule has 0 saturated carbocycles. The molecule has 7 heteroatoms. The highest BCUT2D eigenvalue weighted by Gasteiger charge is 2.25. The lowest BCUT2D eigenvalue weighted by molar-refractivity contribution is -0.00922. The molecule has 0 amide bonds. The van der Waals surface area contributed by atoms with Gasteiger partial charge in [0.2, 0.25) is 0 Å². The van der Waals surface area contributed by atoms with Crippen LogP contribution in [0.1, 0.15) is 30.5 Å². The number of aryl methyl sites for hydroxylation is 1. The number of rotatable bonds is 6. The molecule has 2 saturated heterocycles. The predicted octanol–water partition coefficient (Wildman–Crippen LogP) is 0.876. The van der Waals surface area contributed by atoms with Crippen LogP contribution in [0.5, 0.6) is 0 Å². The van der Waals surface area contributed by atoms with Crippen molar-refractivity contribution < 1.29 is 4.74 Å². The zero-order valence-electron chi connectivity index (χ0n) is 14.8. The summed E-state index contributed by atoms with van der Waals surface area (Å²) in [6.07, 6.45) is 4.79. The number of ether oxygens (including phenoxy) is 1. The van der Waals surface area contributed by atoms with Crippen LogP contribution >= 0.6 is 11.8 Å². The molecule has 0 bridgehead atoms. The third kappa shape index (κ3) is 4.27. The molecular formula is C18H28N4O2S. The molecule has 1 aromatic heterocycles. The number of hydrogen-bond donors (Lipinski definition) is 1. The molecule has 25 heavy (non-hydrogen) atoms. The van der Waals surface area contributed by atoms with Gasteiger partial charge in [0.25, 0.3) is 5.56 Å². The van der Waals surface area contributed by atoms with Crippen LogP contribution in [0.25, 0.3) is 0 Å². The molecule has 4 rings (SSSR count). The van der Waals surface area contributed by atoms with E-state index in [2.05, 4.69) is 15.3 Å². The van der Waals surface area contributed by atoms with Crippen molar-refractivity contribution in [3.8, 4) is 0 Å². The summed E-state index contributed by atoms with van der Waals surface area (Å²) in [5.41, 5.74) is 2.32. The van der Waals surface area contributed by atoms with Crippen molar-refractivity contribution in [2.45, 2.75) is 50.1 Å².